The third-order valence-electron chi connectivity index (χ3n) is 7.89. The summed E-state index contributed by atoms with van der Waals surface area (Å²) in [6.07, 6.45) is 32.9. The van der Waals surface area contributed by atoms with Crippen molar-refractivity contribution in [3.63, 3.8) is 0 Å². The van der Waals surface area contributed by atoms with Crippen LogP contribution in [0.1, 0.15) is 181 Å². The average Bonchev–Trinajstić information content (AvgIpc) is 2.91. The summed E-state index contributed by atoms with van der Waals surface area (Å²) < 4.78 is 5.64. The van der Waals surface area contributed by atoms with Crippen LogP contribution in [0.4, 0.5) is 0 Å². The fraction of sp³-hybridized carbons (Fsp3) is 0.970. The van der Waals surface area contributed by atoms with Crippen molar-refractivity contribution in [3.8, 4) is 0 Å². The maximum Gasteiger partial charge on any atom is 0.220 e. The van der Waals surface area contributed by atoms with E-state index in [1.54, 1.807) is 7.11 Å². The average molecular weight is 526 g/mol. The molecule has 0 bridgehead atoms. The normalized spacial score (nSPS) is 13.1. The molecule has 0 aromatic heterocycles. The molecule has 0 saturated heterocycles. The minimum Gasteiger partial charge on any atom is -0.394 e. The van der Waals surface area contributed by atoms with Crippen LogP contribution >= 0.6 is 0 Å². The van der Waals surface area contributed by atoms with Gasteiger partial charge >= 0.3 is 0 Å². The molecule has 0 aromatic carbocycles. The van der Waals surface area contributed by atoms with Crippen molar-refractivity contribution in [2.45, 2.75) is 193 Å². The van der Waals surface area contributed by atoms with E-state index in [1.165, 1.54) is 135 Å². The largest absolute Gasteiger partial charge is 0.394 e. The van der Waals surface area contributed by atoms with Gasteiger partial charge in [-0.1, -0.05) is 162 Å². The lowest BCUT2D eigenvalue weighted by molar-refractivity contribution is -0.123. The number of aliphatic hydroxyl groups excluding tert-OH is 1. The van der Waals surface area contributed by atoms with Crippen molar-refractivity contribution >= 4 is 5.91 Å². The first-order valence-electron chi connectivity index (χ1n) is 16.6. The number of nitrogens with one attached hydrogen (secondary N) is 1. The lowest BCUT2D eigenvalue weighted by atomic mass is 10.0. The Labute approximate surface area is 232 Å². The predicted octanol–water partition coefficient (Wildman–Crippen LogP) is 9.66. The zero-order valence-corrected chi connectivity index (χ0v) is 25.5. The number of rotatable bonds is 30. The molecule has 0 aliphatic heterocycles. The number of unbranched alkanes of at least 4 members (excludes halogenated alkanes) is 22. The van der Waals surface area contributed by atoms with Crippen LogP contribution in [-0.4, -0.2) is 36.9 Å². The molecular weight excluding hydrogens is 458 g/mol. The number of aliphatic hydroxyl groups is 1. The molecule has 0 fully saturated rings. The second-order valence-electron chi connectivity index (χ2n) is 11.4. The van der Waals surface area contributed by atoms with Crippen LogP contribution in [0.15, 0.2) is 0 Å². The summed E-state index contributed by atoms with van der Waals surface area (Å²) in [5, 5.41) is 12.9. The van der Waals surface area contributed by atoms with E-state index in [0.29, 0.717) is 6.42 Å². The second kappa shape index (κ2) is 29.9. The zero-order chi connectivity index (χ0) is 27.2. The minimum atomic E-state index is -0.289. The number of amides is 1. The Kier molecular flexibility index (Phi) is 29.4. The van der Waals surface area contributed by atoms with Crippen LogP contribution in [0.3, 0.4) is 0 Å². The highest BCUT2D eigenvalue weighted by molar-refractivity contribution is 5.76. The Morgan fingerprint density at radius 1 is 0.595 bits per heavy atom. The molecule has 0 unspecified atom stereocenters. The quantitative estimate of drug-likeness (QED) is 0.0917. The molecule has 0 aliphatic carbocycles. The van der Waals surface area contributed by atoms with E-state index < -0.39 is 0 Å². The van der Waals surface area contributed by atoms with E-state index in [1.807, 2.05) is 0 Å². The van der Waals surface area contributed by atoms with Crippen molar-refractivity contribution in [3.05, 3.63) is 0 Å². The van der Waals surface area contributed by atoms with E-state index in [-0.39, 0.29) is 24.7 Å². The highest BCUT2D eigenvalue weighted by Gasteiger charge is 2.22. The van der Waals surface area contributed by atoms with Gasteiger partial charge in [0.05, 0.1) is 18.8 Å². The molecule has 0 aromatic rings. The molecule has 2 N–H and O–H groups in total. The third kappa shape index (κ3) is 25.4. The van der Waals surface area contributed by atoms with Gasteiger partial charge in [-0.2, -0.15) is 0 Å². The van der Waals surface area contributed by atoms with Gasteiger partial charge in [0, 0.05) is 13.5 Å². The van der Waals surface area contributed by atoms with Gasteiger partial charge in [0.2, 0.25) is 5.91 Å². The monoisotopic (exact) mass is 526 g/mol. The number of hydrogen-bond acceptors (Lipinski definition) is 3. The highest BCUT2D eigenvalue weighted by atomic mass is 16.5. The topological polar surface area (TPSA) is 58.6 Å². The Morgan fingerprint density at radius 3 is 1.30 bits per heavy atom. The first-order valence-corrected chi connectivity index (χ1v) is 16.6. The molecule has 2 atom stereocenters. The van der Waals surface area contributed by atoms with Gasteiger partial charge in [-0.15, -0.1) is 0 Å². The fourth-order valence-corrected chi connectivity index (χ4v) is 5.33. The van der Waals surface area contributed by atoms with E-state index in [9.17, 15) is 9.90 Å². The molecular formula is C33H67NO3. The van der Waals surface area contributed by atoms with Crippen molar-refractivity contribution < 1.29 is 14.6 Å². The van der Waals surface area contributed by atoms with E-state index in [4.69, 9.17) is 4.74 Å². The first-order chi connectivity index (χ1) is 18.2. The lowest BCUT2D eigenvalue weighted by Gasteiger charge is -2.25. The molecule has 4 nitrogen and oxygen atoms in total. The number of hydrogen-bond donors (Lipinski definition) is 2. The van der Waals surface area contributed by atoms with Crippen LogP contribution in [0.2, 0.25) is 0 Å². The summed E-state index contributed by atoms with van der Waals surface area (Å²) in [6.45, 7) is 4.49. The molecule has 0 radical (unpaired) electrons. The number of ether oxygens (including phenoxy) is 1. The molecule has 4 heteroatoms. The molecule has 0 rings (SSSR count). The van der Waals surface area contributed by atoms with Gasteiger partial charge in [-0.3, -0.25) is 4.79 Å². The molecule has 0 saturated carbocycles. The van der Waals surface area contributed by atoms with Crippen LogP contribution in [0, 0.1) is 0 Å². The Balaban J connectivity index is 3.70. The Bertz CT molecular complexity index is 457. The SMILES string of the molecule is CCCCCCCCCCCCCCCC(=O)N[C@@H](CO)[C@@H](CCCCCCCCCCCCC)OC. The predicted molar refractivity (Wildman–Crippen MR) is 161 cm³/mol. The maximum atomic E-state index is 12.4. The number of methoxy groups -OCH3 is 1. The van der Waals surface area contributed by atoms with Crippen molar-refractivity contribution in [2.24, 2.45) is 0 Å². The van der Waals surface area contributed by atoms with Gasteiger partial charge in [-0.05, 0) is 12.8 Å². The van der Waals surface area contributed by atoms with Gasteiger partial charge < -0.3 is 15.2 Å². The molecule has 222 valence electrons. The van der Waals surface area contributed by atoms with Crippen LogP contribution in [-0.2, 0) is 9.53 Å². The van der Waals surface area contributed by atoms with Gasteiger partial charge in [0.15, 0.2) is 0 Å². The summed E-state index contributed by atoms with van der Waals surface area (Å²) in [7, 11) is 1.70. The summed E-state index contributed by atoms with van der Waals surface area (Å²) >= 11 is 0. The van der Waals surface area contributed by atoms with Crippen molar-refractivity contribution in [1.29, 1.82) is 0 Å². The first kappa shape index (κ1) is 36.4. The number of carbonyl (C=O) groups is 1. The van der Waals surface area contributed by atoms with E-state index in [2.05, 4.69) is 19.2 Å². The van der Waals surface area contributed by atoms with E-state index >= 15 is 0 Å². The molecule has 0 spiro atoms. The fourth-order valence-electron chi connectivity index (χ4n) is 5.33. The summed E-state index contributed by atoms with van der Waals surface area (Å²) in [5.41, 5.74) is 0. The molecule has 1 amide bonds. The van der Waals surface area contributed by atoms with E-state index in [0.717, 1.165) is 25.7 Å². The minimum absolute atomic E-state index is 0.0547. The molecule has 0 heterocycles. The summed E-state index contributed by atoms with van der Waals surface area (Å²) in [6, 6.07) is -0.289. The molecule has 0 aliphatic rings. The van der Waals surface area contributed by atoms with Gasteiger partial charge in [-0.25, -0.2) is 0 Å². The van der Waals surface area contributed by atoms with Crippen LogP contribution in [0.5, 0.6) is 0 Å². The Morgan fingerprint density at radius 2 is 0.946 bits per heavy atom. The number of carbonyl (C=O) groups excluding carboxylic acids is 1. The zero-order valence-electron chi connectivity index (χ0n) is 25.5. The lowest BCUT2D eigenvalue weighted by Crippen LogP contribution is -2.46. The highest BCUT2D eigenvalue weighted by Crippen LogP contribution is 2.16. The van der Waals surface area contributed by atoms with Crippen molar-refractivity contribution in [1.82, 2.24) is 5.32 Å². The second-order valence-corrected chi connectivity index (χ2v) is 11.4. The van der Waals surface area contributed by atoms with Crippen LogP contribution in [0.25, 0.3) is 0 Å². The summed E-state index contributed by atoms with van der Waals surface area (Å²) in [4.78, 5) is 12.4. The standard InChI is InChI=1S/C33H67NO3/c1-4-6-8-10-12-14-16-17-19-21-23-25-27-29-33(36)34-31(30-35)32(37-3)28-26-24-22-20-18-15-13-11-9-7-5-2/h31-32,35H,4-30H2,1-3H3,(H,34,36)/t31-,32+/m0/s1. The van der Waals surface area contributed by atoms with Gasteiger partial charge in [0.1, 0.15) is 0 Å². The molecule has 37 heavy (non-hydrogen) atoms. The van der Waals surface area contributed by atoms with Crippen LogP contribution < -0.4 is 5.32 Å². The summed E-state index contributed by atoms with van der Waals surface area (Å²) in [5.74, 6) is 0.0584. The van der Waals surface area contributed by atoms with Gasteiger partial charge in [0.25, 0.3) is 0 Å². The maximum absolute atomic E-state index is 12.4. The smallest absolute Gasteiger partial charge is 0.220 e. The third-order valence-corrected chi connectivity index (χ3v) is 7.89. The Hall–Kier alpha value is -0.610. The van der Waals surface area contributed by atoms with Crippen molar-refractivity contribution in [2.75, 3.05) is 13.7 Å².